The van der Waals surface area contributed by atoms with Crippen LogP contribution in [0.5, 0.6) is 0 Å². The van der Waals surface area contributed by atoms with Crippen LogP contribution in [0.15, 0.2) is 29.3 Å². The highest BCUT2D eigenvalue weighted by Crippen LogP contribution is 2.33. The first-order chi connectivity index (χ1) is 16.8. The molecule has 4 rings (SSSR count). The molecule has 0 saturated carbocycles. The van der Waals surface area contributed by atoms with E-state index in [1.165, 1.54) is 4.90 Å². The molecule has 2 saturated heterocycles. The number of pyridine rings is 1. The number of piperidine rings is 1. The van der Waals surface area contributed by atoms with E-state index in [9.17, 15) is 39.6 Å². The van der Waals surface area contributed by atoms with Gasteiger partial charge in [0.2, 0.25) is 5.91 Å². The number of rotatable bonds is 5. The molecule has 2 aromatic rings. The van der Waals surface area contributed by atoms with Crippen molar-refractivity contribution in [1.29, 1.82) is 0 Å². The molecule has 0 N–H and O–H groups in total. The highest BCUT2D eigenvalue weighted by Gasteiger charge is 2.39. The largest absolute Gasteiger partial charge is 0.417 e. The Morgan fingerprint density at radius 1 is 0.972 bits per heavy atom. The van der Waals surface area contributed by atoms with Crippen molar-refractivity contribution in [3.8, 4) is 0 Å². The molecule has 0 aliphatic carbocycles. The minimum atomic E-state index is -4.70. The molecule has 0 spiro atoms. The van der Waals surface area contributed by atoms with Gasteiger partial charge < -0.3 is 9.80 Å². The molecule has 0 unspecified atom stereocenters. The number of benzene rings is 1. The van der Waals surface area contributed by atoms with Crippen molar-refractivity contribution in [3.05, 3.63) is 53.0 Å². The number of anilines is 1. The second kappa shape index (κ2) is 9.56. The maximum absolute atomic E-state index is 14.5. The van der Waals surface area contributed by atoms with E-state index >= 15 is 0 Å². The van der Waals surface area contributed by atoms with E-state index in [0.717, 1.165) is 18.4 Å². The van der Waals surface area contributed by atoms with Crippen LogP contribution in [0.25, 0.3) is 0 Å². The van der Waals surface area contributed by atoms with Crippen molar-refractivity contribution in [3.63, 3.8) is 0 Å². The van der Waals surface area contributed by atoms with E-state index in [-0.39, 0.29) is 42.8 Å². The van der Waals surface area contributed by atoms with E-state index in [2.05, 4.69) is 4.98 Å². The van der Waals surface area contributed by atoms with Gasteiger partial charge in [0.05, 0.1) is 10.5 Å². The molecule has 1 aromatic heterocycles. The van der Waals surface area contributed by atoms with Gasteiger partial charge in [-0.2, -0.15) is 13.2 Å². The molecular weight excluding hydrogens is 512 g/mol. The number of sulfone groups is 1. The summed E-state index contributed by atoms with van der Waals surface area (Å²) in [5, 5.41) is 0. The number of alkyl halides is 3. The highest BCUT2D eigenvalue weighted by atomic mass is 32.2. The minimum absolute atomic E-state index is 0.185. The maximum atomic E-state index is 14.5. The summed E-state index contributed by atoms with van der Waals surface area (Å²) in [5.74, 6) is -4.27. The monoisotopic (exact) mass is 535 g/mol. The molecule has 2 aliphatic rings. The van der Waals surface area contributed by atoms with Crippen LogP contribution in [-0.4, -0.2) is 56.1 Å². The standard InChI is InChI=1S/C23H23F6N3O3S/c1-36(34,35)16-10-18(24)17(19(25)11-16)8-13-2-7-32(22(13)33)15-3-5-31(6-4-15)21-20(26)9-14(12-30-21)23(27,28)29/h9-13,15H,2-8H2,1H3/t13-/m1/s1. The Morgan fingerprint density at radius 3 is 2.11 bits per heavy atom. The molecule has 13 heteroatoms. The lowest BCUT2D eigenvalue weighted by molar-refractivity contribution is -0.138. The molecule has 196 valence electrons. The molecule has 1 atom stereocenters. The summed E-state index contributed by atoms with van der Waals surface area (Å²) in [6.45, 7) is 0.904. The van der Waals surface area contributed by atoms with Crippen LogP contribution in [0.2, 0.25) is 0 Å². The first-order valence-corrected chi connectivity index (χ1v) is 13.1. The second-order valence-corrected chi connectivity index (χ2v) is 11.1. The normalized spacial score (nSPS) is 19.9. The van der Waals surface area contributed by atoms with Crippen molar-refractivity contribution >= 4 is 21.6 Å². The summed E-state index contributed by atoms with van der Waals surface area (Å²) < 4.78 is 105. The average molecular weight is 536 g/mol. The van der Waals surface area contributed by atoms with E-state index in [1.807, 2.05) is 0 Å². The number of halogens is 6. The summed E-state index contributed by atoms with van der Waals surface area (Å²) in [7, 11) is -3.80. The maximum Gasteiger partial charge on any atom is 0.417 e. The fraction of sp³-hybridized carbons (Fsp3) is 0.478. The Bertz CT molecular complexity index is 1250. The van der Waals surface area contributed by atoms with Crippen LogP contribution < -0.4 is 4.90 Å². The number of carbonyl (C=O) groups excluding carboxylic acids is 1. The smallest absolute Gasteiger partial charge is 0.354 e. The summed E-state index contributed by atoms with van der Waals surface area (Å²) in [6, 6.07) is 1.69. The van der Waals surface area contributed by atoms with E-state index in [4.69, 9.17) is 0 Å². The van der Waals surface area contributed by atoms with Crippen LogP contribution in [0.4, 0.5) is 32.2 Å². The fourth-order valence-electron chi connectivity index (χ4n) is 4.76. The van der Waals surface area contributed by atoms with E-state index in [1.54, 1.807) is 4.90 Å². The van der Waals surface area contributed by atoms with Crippen LogP contribution >= 0.6 is 0 Å². The Kier molecular flexibility index (Phi) is 6.97. The summed E-state index contributed by atoms with van der Waals surface area (Å²) in [6.07, 6.45) is -2.28. The second-order valence-electron chi connectivity index (χ2n) is 9.10. The van der Waals surface area contributed by atoms with Crippen LogP contribution in [-0.2, 0) is 27.2 Å². The lowest BCUT2D eigenvalue weighted by Crippen LogP contribution is -2.46. The number of nitrogens with zero attached hydrogens (tertiary/aromatic N) is 3. The predicted molar refractivity (Wildman–Crippen MR) is 117 cm³/mol. The van der Waals surface area contributed by atoms with E-state index < -0.39 is 49.8 Å². The molecule has 2 aliphatic heterocycles. The van der Waals surface area contributed by atoms with Gasteiger partial charge in [0, 0.05) is 49.6 Å². The zero-order valence-corrected chi connectivity index (χ0v) is 20.0. The molecule has 2 fully saturated rings. The predicted octanol–water partition coefficient (Wildman–Crippen LogP) is 3.98. The zero-order valence-electron chi connectivity index (χ0n) is 19.2. The molecule has 36 heavy (non-hydrogen) atoms. The SMILES string of the molecule is CS(=O)(=O)c1cc(F)c(C[C@H]2CCN(C3CCN(c4ncc(C(F)(F)F)cc4F)CC3)C2=O)c(F)c1. The van der Waals surface area contributed by atoms with Crippen LogP contribution in [0, 0.1) is 23.4 Å². The Labute approximate surface area is 203 Å². The van der Waals surface area contributed by atoms with Crippen molar-refractivity contribution < 1.29 is 39.6 Å². The quantitative estimate of drug-likeness (QED) is 0.542. The molecule has 6 nitrogen and oxygen atoms in total. The van der Waals surface area contributed by atoms with Crippen molar-refractivity contribution in [1.82, 2.24) is 9.88 Å². The van der Waals surface area contributed by atoms with Gasteiger partial charge in [-0.25, -0.2) is 26.6 Å². The summed E-state index contributed by atoms with van der Waals surface area (Å²) >= 11 is 0. The number of amides is 1. The first-order valence-electron chi connectivity index (χ1n) is 11.2. The molecule has 3 heterocycles. The molecule has 1 aromatic carbocycles. The van der Waals surface area contributed by atoms with Gasteiger partial charge in [-0.3, -0.25) is 4.79 Å². The molecule has 1 amide bonds. The van der Waals surface area contributed by atoms with Crippen molar-refractivity contribution in [2.45, 2.75) is 42.8 Å². The van der Waals surface area contributed by atoms with Gasteiger partial charge in [-0.1, -0.05) is 0 Å². The third-order valence-electron chi connectivity index (χ3n) is 6.70. The third-order valence-corrected chi connectivity index (χ3v) is 7.79. The number of hydrogen-bond donors (Lipinski definition) is 0. The van der Waals surface area contributed by atoms with Crippen LogP contribution in [0.1, 0.15) is 30.4 Å². The highest BCUT2D eigenvalue weighted by molar-refractivity contribution is 7.90. The van der Waals surface area contributed by atoms with Gasteiger partial charge in [-0.15, -0.1) is 0 Å². The minimum Gasteiger partial charge on any atom is -0.354 e. The molecule has 0 bridgehead atoms. The topological polar surface area (TPSA) is 70.6 Å². The summed E-state index contributed by atoms with van der Waals surface area (Å²) in [5.41, 5.74) is -1.52. The molecular formula is C23H23F6N3O3S. The van der Waals surface area contributed by atoms with E-state index in [0.29, 0.717) is 38.1 Å². The lowest BCUT2D eigenvalue weighted by Gasteiger charge is -2.37. The van der Waals surface area contributed by atoms with Crippen LogP contribution in [0.3, 0.4) is 0 Å². The van der Waals surface area contributed by atoms with Crippen molar-refractivity contribution in [2.75, 3.05) is 30.8 Å². The van der Waals surface area contributed by atoms with Gasteiger partial charge in [-0.05, 0) is 43.9 Å². The van der Waals surface area contributed by atoms with Gasteiger partial charge in [0.25, 0.3) is 0 Å². The molecule has 0 radical (unpaired) electrons. The first kappa shape index (κ1) is 26.2. The van der Waals surface area contributed by atoms with Crippen molar-refractivity contribution in [2.24, 2.45) is 5.92 Å². The number of likely N-dealkylation sites (tertiary alicyclic amines) is 1. The summed E-state index contributed by atoms with van der Waals surface area (Å²) in [4.78, 5) is 19.3. The lowest BCUT2D eigenvalue weighted by atomic mass is 9.97. The van der Waals surface area contributed by atoms with Gasteiger partial charge in [0.1, 0.15) is 11.6 Å². The third kappa shape index (κ3) is 5.30. The zero-order chi connectivity index (χ0) is 26.4. The number of aromatic nitrogens is 1. The Balaban J connectivity index is 1.39. The van der Waals surface area contributed by atoms with Gasteiger partial charge in [0.15, 0.2) is 21.5 Å². The van der Waals surface area contributed by atoms with Gasteiger partial charge >= 0.3 is 6.18 Å². The number of carbonyl (C=O) groups is 1. The fourth-order valence-corrected chi connectivity index (χ4v) is 5.39. The average Bonchev–Trinajstić information content (AvgIpc) is 3.15. The Hall–Kier alpha value is -2.83. The Morgan fingerprint density at radius 2 is 1.58 bits per heavy atom. The number of hydrogen-bond acceptors (Lipinski definition) is 5.